The van der Waals surface area contributed by atoms with Crippen molar-refractivity contribution in [3.8, 4) is 6.07 Å². The summed E-state index contributed by atoms with van der Waals surface area (Å²) >= 11 is 0. The number of hydrogen-bond acceptors (Lipinski definition) is 2. The molecular weight excluding hydrogens is 184 g/mol. The quantitative estimate of drug-likeness (QED) is 0.433. The van der Waals surface area contributed by atoms with E-state index >= 15 is 0 Å². The number of allylic oxidation sites excluding steroid dienone is 4. The van der Waals surface area contributed by atoms with Crippen molar-refractivity contribution in [1.82, 2.24) is 5.32 Å². The molecule has 0 bridgehead atoms. The van der Waals surface area contributed by atoms with Crippen LogP contribution in [0, 0.1) is 29.1 Å². The summed E-state index contributed by atoms with van der Waals surface area (Å²) < 4.78 is 0. The lowest BCUT2D eigenvalue weighted by Crippen LogP contribution is -2.37. The largest absolute Gasteiger partial charge is 0.311 e. The average Bonchev–Trinajstić information content (AvgIpc) is 3.03. The molecule has 4 unspecified atom stereocenters. The first-order valence-corrected chi connectivity index (χ1v) is 5.71. The van der Waals surface area contributed by atoms with Crippen molar-refractivity contribution in [2.24, 2.45) is 17.8 Å². The van der Waals surface area contributed by atoms with Gasteiger partial charge in [0.25, 0.3) is 0 Å². The first-order valence-electron chi connectivity index (χ1n) is 5.71. The van der Waals surface area contributed by atoms with Crippen molar-refractivity contribution in [2.45, 2.75) is 26.3 Å². The van der Waals surface area contributed by atoms with Crippen LogP contribution in [0.3, 0.4) is 0 Å². The fraction of sp³-hybridized carbons (Fsp3) is 0.615. The normalized spacial score (nSPS) is 39.9. The van der Waals surface area contributed by atoms with Crippen LogP contribution in [0.5, 0.6) is 0 Å². The molecule has 0 radical (unpaired) electrons. The van der Waals surface area contributed by atoms with Gasteiger partial charge in [-0.2, -0.15) is 5.26 Å². The Labute approximate surface area is 91.7 Å². The number of hydrogen-bond donors (Lipinski definition) is 1. The van der Waals surface area contributed by atoms with Crippen molar-refractivity contribution in [3.63, 3.8) is 0 Å². The van der Waals surface area contributed by atoms with E-state index in [0.29, 0.717) is 5.92 Å². The van der Waals surface area contributed by atoms with Crippen molar-refractivity contribution < 1.29 is 0 Å². The fourth-order valence-electron chi connectivity index (χ4n) is 2.47. The van der Waals surface area contributed by atoms with Crippen LogP contribution in [0.2, 0.25) is 0 Å². The molecule has 80 valence electrons. The summed E-state index contributed by atoms with van der Waals surface area (Å²) in [7, 11) is 0. The molecule has 2 heteroatoms. The Morgan fingerprint density at radius 2 is 2.27 bits per heavy atom. The Hall–Kier alpha value is -1.07. The van der Waals surface area contributed by atoms with Crippen molar-refractivity contribution in [2.75, 3.05) is 6.54 Å². The van der Waals surface area contributed by atoms with E-state index in [1.165, 1.54) is 13.0 Å². The van der Waals surface area contributed by atoms with E-state index in [4.69, 9.17) is 5.26 Å². The van der Waals surface area contributed by atoms with Crippen LogP contribution in [-0.4, -0.2) is 12.6 Å². The highest BCUT2D eigenvalue weighted by Crippen LogP contribution is 2.45. The predicted octanol–water partition coefficient (Wildman–Crippen LogP) is 2.26. The van der Waals surface area contributed by atoms with E-state index in [1.807, 2.05) is 19.1 Å². The van der Waals surface area contributed by atoms with Crippen molar-refractivity contribution >= 4 is 0 Å². The number of nitrogens with one attached hydrogen (secondary N) is 1. The summed E-state index contributed by atoms with van der Waals surface area (Å²) in [5, 5.41) is 12.0. The fourth-order valence-corrected chi connectivity index (χ4v) is 2.47. The Morgan fingerprint density at radius 3 is 2.80 bits per heavy atom. The van der Waals surface area contributed by atoms with Crippen LogP contribution in [-0.2, 0) is 0 Å². The van der Waals surface area contributed by atoms with Crippen LogP contribution in [0.15, 0.2) is 23.8 Å². The molecule has 0 aromatic carbocycles. The number of nitriles is 1. The molecule has 0 spiro atoms. The van der Waals surface area contributed by atoms with Gasteiger partial charge in [-0.3, -0.25) is 0 Å². The third-order valence-electron chi connectivity index (χ3n) is 3.61. The van der Waals surface area contributed by atoms with Gasteiger partial charge in [0.05, 0.1) is 6.07 Å². The Kier molecular flexibility index (Phi) is 2.93. The molecule has 2 fully saturated rings. The summed E-state index contributed by atoms with van der Waals surface area (Å²) in [5.74, 6) is 2.37. The number of rotatable bonds is 3. The lowest BCUT2D eigenvalue weighted by atomic mass is 9.64. The standard InChI is InChI=1S/C13H18N2/c1-9(7-14)4-3-5-11-10(2)6-12(11)13-8-15-13/h3-5,10-13,15H,6,8H2,1-2H3/b5-3-,9-4+. The molecule has 2 aliphatic rings. The van der Waals surface area contributed by atoms with Gasteiger partial charge in [-0.1, -0.05) is 19.1 Å². The molecule has 1 saturated carbocycles. The molecule has 1 aliphatic carbocycles. The number of nitrogens with zero attached hydrogens (tertiary/aromatic N) is 1. The molecule has 2 rings (SSSR count). The summed E-state index contributed by atoms with van der Waals surface area (Å²) in [5.41, 5.74) is 0.777. The molecule has 1 saturated heterocycles. The van der Waals surface area contributed by atoms with Gasteiger partial charge in [0.1, 0.15) is 0 Å². The molecule has 1 N–H and O–H groups in total. The maximum Gasteiger partial charge on any atom is 0.0944 e. The predicted molar refractivity (Wildman–Crippen MR) is 61.1 cm³/mol. The Bertz CT molecular complexity index is 331. The van der Waals surface area contributed by atoms with Gasteiger partial charge in [-0.05, 0) is 37.2 Å². The second kappa shape index (κ2) is 4.20. The first kappa shape index (κ1) is 10.4. The summed E-state index contributed by atoms with van der Waals surface area (Å²) in [6, 6.07) is 2.90. The van der Waals surface area contributed by atoms with Crippen molar-refractivity contribution in [1.29, 1.82) is 5.26 Å². The highest BCUT2D eigenvalue weighted by atomic mass is 15.1. The molecule has 4 atom stereocenters. The zero-order chi connectivity index (χ0) is 10.8. The second-order valence-electron chi connectivity index (χ2n) is 4.82. The molecule has 1 aliphatic heterocycles. The molecule has 0 aromatic heterocycles. The molecule has 15 heavy (non-hydrogen) atoms. The summed E-state index contributed by atoms with van der Waals surface area (Å²) in [6.45, 7) is 5.36. The summed E-state index contributed by atoms with van der Waals surface area (Å²) in [6.07, 6.45) is 7.59. The topological polar surface area (TPSA) is 45.7 Å². The highest BCUT2D eigenvalue weighted by molar-refractivity contribution is 5.24. The van der Waals surface area contributed by atoms with Gasteiger partial charge >= 0.3 is 0 Å². The third-order valence-corrected chi connectivity index (χ3v) is 3.61. The van der Waals surface area contributed by atoms with Crippen LogP contribution in [0.1, 0.15) is 20.3 Å². The molecular formula is C13H18N2. The minimum absolute atomic E-state index is 0.716. The van der Waals surface area contributed by atoms with E-state index in [2.05, 4.69) is 24.4 Å². The van der Waals surface area contributed by atoms with Gasteiger partial charge in [0, 0.05) is 18.2 Å². The third kappa shape index (κ3) is 2.30. The van der Waals surface area contributed by atoms with Gasteiger partial charge in [-0.25, -0.2) is 0 Å². The highest BCUT2D eigenvalue weighted by Gasteiger charge is 2.44. The minimum atomic E-state index is 0.716. The van der Waals surface area contributed by atoms with E-state index in [9.17, 15) is 0 Å². The molecule has 0 amide bonds. The van der Waals surface area contributed by atoms with E-state index in [0.717, 1.165) is 23.5 Å². The Balaban J connectivity index is 1.90. The minimum Gasteiger partial charge on any atom is -0.311 e. The van der Waals surface area contributed by atoms with E-state index in [1.54, 1.807) is 0 Å². The van der Waals surface area contributed by atoms with Crippen molar-refractivity contribution in [3.05, 3.63) is 23.8 Å². The smallest absolute Gasteiger partial charge is 0.0944 e. The maximum atomic E-state index is 8.61. The Morgan fingerprint density at radius 1 is 1.53 bits per heavy atom. The van der Waals surface area contributed by atoms with Crippen LogP contribution >= 0.6 is 0 Å². The van der Waals surface area contributed by atoms with Gasteiger partial charge < -0.3 is 5.32 Å². The zero-order valence-electron chi connectivity index (χ0n) is 9.40. The van der Waals surface area contributed by atoms with Gasteiger partial charge in [0.2, 0.25) is 0 Å². The average molecular weight is 202 g/mol. The molecule has 1 heterocycles. The van der Waals surface area contributed by atoms with Crippen LogP contribution < -0.4 is 5.32 Å². The lowest BCUT2D eigenvalue weighted by molar-refractivity contribution is 0.128. The zero-order valence-corrected chi connectivity index (χ0v) is 9.40. The van der Waals surface area contributed by atoms with Gasteiger partial charge in [0.15, 0.2) is 0 Å². The monoisotopic (exact) mass is 202 g/mol. The van der Waals surface area contributed by atoms with E-state index in [-0.39, 0.29) is 0 Å². The maximum absolute atomic E-state index is 8.61. The van der Waals surface area contributed by atoms with Crippen LogP contribution in [0.4, 0.5) is 0 Å². The van der Waals surface area contributed by atoms with E-state index < -0.39 is 0 Å². The SMILES string of the molecule is C/C(C#N)=C\C=C/C1C(C)CC1C1CN1. The molecule has 2 nitrogen and oxygen atoms in total. The van der Waals surface area contributed by atoms with Gasteiger partial charge in [-0.15, -0.1) is 0 Å². The van der Waals surface area contributed by atoms with Crippen LogP contribution in [0.25, 0.3) is 0 Å². The lowest BCUT2D eigenvalue weighted by Gasteiger charge is -2.41. The molecule has 0 aromatic rings. The second-order valence-corrected chi connectivity index (χ2v) is 4.82. The summed E-state index contributed by atoms with van der Waals surface area (Å²) in [4.78, 5) is 0. The first-order chi connectivity index (χ1) is 7.22.